The number of hydrogen-bond donors (Lipinski definition) is 1. The minimum Gasteiger partial charge on any atom is -0.491 e. The van der Waals surface area contributed by atoms with Crippen LogP contribution in [-0.4, -0.2) is 60.4 Å². The average Bonchev–Trinajstić information content (AvgIpc) is 3.21. The summed E-state index contributed by atoms with van der Waals surface area (Å²) >= 11 is 0. The fourth-order valence-corrected chi connectivity index (χ4v) is 3.54. The SMILES string of the molecule is CCN1CCN(c2nc(-c3ccc(OC[C@@H](C)O)cc3)cc3ccoc23)CC1. The van der Waals surface area contributed by atoms with Crippen LogP contribution in [0.5, 0.6) is 5.75 Å². The van der Waals surface area contributed by atoms with E-state index in [2.05, 4.69) is 22.8 Å². The molecule has 0 bridgehead atoms. The zero-order valence-corrected chi connectivity index (χ0v) is 16.5. The number of fused-ring (bicyclic) bond motifs is 1. The first-order chi connectivity index (χ1) is 13.6. The highest BCUT2D eigenvalue weighted by Gasteiger charge is 2.21. The van der Waals surface area contributed by atoms with Crippen LogP contribution >= 0.6 is 0 Å². The molecular formula is C22H27N3O3. The number of pyridine rings is 1. The first-order valence-electron chi connectivity index (χ1n) is 9.91. The Labute approximate surface area is 165 Å². The van der Waals surface area contributed by atoms with Crippen LogP contribution in [0.1, 0.15) is 13.8 Å². The van der Waals surface area contributed by atoms with Gasteiger partial charge in [-0.25, -0.2) is 4.98 Å². The number of anilines is 1. The Kier molecular flexibility index (Phi) is 5.50. The van der Waals surface area contributed by atoms with Gasteiger partial charge in [0.15, 0.2) is 11.4 Å². The molecule has 1 N–H and O–H groups in total. The summed E-state index contributed by atoms with van der Waals surface area (Å²) in [6.45, 7) is 9.26. The summed E-state index contributed by atoms with van der Waals surface area (Å²) in [5.74, 6) is 1.66. The lowest BCUT2D eigenvalue weighted by Gasteiger charge is -2.34. The lowest BCUT2D eigenvalue weighted by molar-refractivity contribution is 0.123. The van der Waals surface area contributed by atoms with Crippen molar-refractivity contribution in [3.8, 4) is 17.0 Å². The highest BCUT2D eigenvalue weighted by molar-refractivity contribution is 5.90. The Balaban J connectivity index is 1.61. The highest BCUT2D eigenvalue weighted by atomic mass is 16.5. The van der Waals surface area contributed by atoms with Crippen LogP contribution < -0.4 is 9.64 Å². The molecular weight excluding hydrogens is 354 g/mol. The van der Waals surface area contributed by atoms with Gasteiger partial charge in [-0.1, -0.05) is 6.92 Å². The lowest BCUT2D eigenvalue weighted by atomic mass is 10.1. The number of rotatable bonds is 6. The van der Waals surface area contributed by atoms with Crippen LogP contribution in [-0.2, 0) is 0 Å². The maximum absolute atomic E-state index is 9.36. The zero-order chi connectivity index (χ0) is 19.5. The van der Waals surface area contributed by atoms with E-state index in [1.807, 2.05) is 30.3 Å². The maximum atomic E-state index is 9.36. The summed E-state index contributed by atoms with van der Waals surface area (Å²) in [5, 5.41) is 10.4. The van der Waals surface area contributed by atoms with E-state index in [0.29, 0.717) is 0 Å². The summed E-state index contributed by atoms with van der Waals surface area (Å²) < 4.78 is 11.3. The van der Waals surface area contributed by atoms with Gasteiger partial charge < -0.3 is 24.1 Å². The summed E-state index contributed by atoms with van der Waals surface area (Å²) in [6, 6.07) is 11.9. The van der Waals surface area contributed by atoms with E-state index in [1.165, 1.54) is 0 Å². The lowest BCUT2D eigenvalue weighted by Crippen LogP contribution is -2.46. The molecule has 1 atom stereocenters. The van der Waals surface area contributed by atoms with Crippen molar-refractivity contribution in [3.63, 3.8) is 0 Å². The third-order valence-corrected chi connectivity index (χ3v) is 5.18. The molecule has 3 aromatic rings. The van der Waals surface area contributed by atoms with E-state index in [0.717, 1.165) is 66.5 Å². The van der Waals surface area contributed by atoms with E-state index in [-0.39, 0.29) is 6.61 Å². The molecule has 0 saturated carbocycles. The molecule has 0 spiro atoms. The van der Waals surface area contributed by atoms with E-state index in [4.69, 9.17) is 14.1 Å². The molecule has 2 aromatic heterocycles. The predicted octanol–water partition coefficient (Wildman–Crippen LogP) is 3.40. The van der Waals surface area contributed by atoms with Crippen molar-refractivity contribution in [1.29, 1.82) is 0 Å². The smallest absolute Gasteiger partial charge is 0.176 e. The van der Waals surface area contributed by atoms with E-state index < -0.39 is 6.10 Å². The predicted molar refractivity (Wildman–Crippen MR) is 111 cm³/mol. The minimum atomic E-state index is -0.486. The van der Waals surface area contributed by atoms with Gasteiger partial charge in [-0.05, 0) is 49.9 Å². The third kappa shape index (κ3) is 3.98. The Bertz CT molecular complexity index is 912. The first-order valence-corrected chi connectivity index (χ1v) is 9.91. The van der Waals surface area contributed by atoms with Crippen LogP contribution in [0.25, 0.3) is 22.2 Å². The van der Waals surface area contributed by atoms with Gasteiger partial charge >= 0.3 is 0 Å². The van der Waals surface area contributed by atoms with Crippen LogP contribution in [0.2, 0.25) is 0 Å². The second kappa shape index (κ2) is 8.20. The average molecular weight is 381 g/mol. The number of nitrogens with zero attached hydrogens (tertiary/aromatic N) is 3. The molecule has 0 aliphatic carbocycles. The topological polar surface area (TPSA) is 62.0 Å². The van der Waals surface area contributed by atoms with E-state index in [9.17, 15) is 5.11 Å². The van der Waals surface area contributed by atoms with Gasteiger partial charge in [0.2, 0.25) is 0 Å². The Hall–Kier alpha value is -2.57. The Morgan fingerprint density at radius 2 is 1.89 bits per heavy atom. The molecule has 1 saturated heterocycles. The number of benzene rings is 1. The van der Waals surface area contributed by atoms with Crippen molar-refractivity contribution >= 4 is 16.8 Å². The third-order valence-electron chi connectivity index (χ3n) is 5.18. The molecule has 1 fully saturated rings. The summed E-state index contributed by atoms with van der Waals surface area (Å²) in [5.41, 5.74) is 2.80. The monoisotopic (exact) mass is 381 g/mol. The first kappa shape index (κ1) is 18.8. The molecule has 0 radical (unpaired) electrons. The van der Waals surface area contributed by atoms with Gasteiger partial charge in [-0.15, -0.1) is 0 Å². The number of aliphatic hydroxyl groups excluding tert-OH is 1. The highest BCUT2D eigenvalue weighted by Crippen LogP contribution is 2.32. The molecule has 6 nitrogen and oxygen atoms in total. The molecule has 6 heteroatoms. The summed E-state index contributed by atoms with van der Waals surface area (Å²) in [7, 11) is 0. The number of piperazine rings is 1. The van der Waals surface area contributed by atoms with Gasteiger partial charge in [0.05, 0.1) is 18.1 Å². The van der Waals surface area contributed by atoms with Crippen molar-refractivity contribution in [1.82, 2.24) is 9.88 Å². The van der Waals surface area contributed by atoms with Gasteiger partial charge in [-0.3, -0.25) is 0 Å². The standard InChI is InChI=1S/C22H27N3O3/c1-3-24-9-11-25(12-10-24)22-21-18(8-13-27-21)14-20(23-22)17-4-6-19(7-5-17)28-15-16(2)26/h4-8,13-14,16,26H,3,9-12,15H2,1-2H3/t16-/m1/s1. The normalized spacial score (nSPS) is 16.5. The van der Waals surface area contributed by atoms with Crippen LogP contribution in [0.15, 0.2) is 47.1 Å². The Morgan fingerprint density at radius 1 is 1.14 bits per heavy atom. The molecule has 28 heavy (non-hydrogen) atoms. The zero-order valence-electron chi connectivity index (χ0n) is 16.5. The van der Waals surface area contributed by atoms with Gasteiger partial charge in [0.1, 0.15) is 12.4 Å². The number of aliphatic hydroxyl groups is 1. The Morgan fingerprint density at radius 3 is 2.57 bits per heavy atom. The number of hydrogen-bond acceptors (Lipinski definition) is 6. The molecule has 1 aliphatic heterocycles. The fourth-order valence-electron chi connectivity index (χ4n) is 3.54. The van der Waals surface area contributed by atoms with Crippen molar-refractivity contribution in [2.75, 3.05) is 44.2 Å². The van der Waals surface area contributed by atoms with E-state index >= 15 is 0 Å². The molecule has 3 heterocycles. The van der Waals surface area contributed by atoms with Crippen LogP contribution in [0, 0.1) is 0 Å². The quantitative estimate of drug-likeness (QED) is 0.706. The van der Waals surface area contributed by atoms with Gasteiger partial charge in [-0.2, -0.15) is 0 Å². The van der Waals surface area contributed by atoms with Crippen molar-refractivity contribution in [2.45, 2.75) is 20.0 Å². The van der Waals surface area contributed by atoms with Crippen molar-refractivity contribution in [2.24, 2.45) is 0 Å². The summed E-state index contributed by atoms with van der Waals surface area (Å²) in [6.07, 6.45) is 1.25. The maximum Gasteiger partial charge on any atom is 0.176 e. The molecule has 1 aromatic carbocycles. The fraction of sp³-hybridized carbons (Fsp3) is 0.409. The second-order valence-corrected chi connectivity index (χ2v) is 7.28. The number of likely N-dealkylation sites (N-methyl/N-ethyl adjacent to an activating group) is 1. The number of ether oxygens (including phenoxy) is 1. The van der Waals surface area contributed by atoms with Crippen LogP contribution in [0.4, 0.5) is 5.82 Å². The number of furan rings is 1. The molecule has 148 valence electrons. The largest absolute Gasteiger partial charge is 0.491 e. The molecule has 4 rings (SSSR count). The van der Waals surface area contributed by atoms with Crippen molar-refractivity contribution in [3.05, 3.63) is 42.7 Å². The van der Waals surface area contributed by atoms with Crippen molar-refractivity contribution < 1.29 is 14.3 Å². The van der Waals surface area contributed by atoms with Crippen LogP contribution in [0.3, 0.4) is 0 Å². The van der Waals surface area contributed by atoms with E-state index in [1.54, 1.807) is 13.2 Å². The summed E-state index contributed by atoms with van der Waals surface area (Å²) in [4.78, 5) is 9.73. The number of aromatic nitrogens is 1. The van der Waals surface area contributed by atoms with Gasteiger partial charge in [0.25, 0.3) is 0 Å². The second-order valence-electron chi connectivity index (χ2n) is 7.28. The molecule has 0 unspecified atom stereocenters. The minimum absolute atomic E-state index is 0.284. The molecule has 1 aliphatic rings. The molecule has 0 amide bonds. The van der Waals surface area contributed by atoms with Gasteiger partial charge in [0, 0.05) is 37.1 Å².